The highest BCUT2D eigenvalue weighted by Crippen LogP contribution is 2.43. The average molecular weight is 406 g/mol. The first-order chi connectivity index (χ1) is 12.8. The van der Waals surface area contributed by atoms with Gasteiger partial charge in [0.15, 0.2) is 0 Å². The van der Waals surface area contributed by atoms with E-state index < -0.39 is 0 Å². The first kappa shape index (κ1) is 19.9. The lowest BCUT2D eigenvalue weighted by Gasteiger charge is -2.21. The summed E-state index contributed by atoms with van der Waals surface area (Å²) in [6, 6.07) is 8.25. The van der Waals surface area contributed by atoms with Gasteiger partial charge in [0.05, 0.1) is 13.0 Å². The van der Waals surface area contributed by atoms with Gasteiger partial charge in [-0.05, 0) is 62.0 Å². The summed E-state index contributed by atoms with van der Waals surface area (Å²) in [5.41, 5.74) is 6.13. The summed E-state index contributed by atoms with van der Waals surface area (Å²) in [4.78, 5) is 13.2. The van der Waals surface area contributed by atoms with E-state index in [0.717, 1.165) is 42.8 Å². The van der Waals surface area contributed by atoms with Gasteiger partial charge < -0.3 is 14.8 Å². The number of carbonyl (C=O) groups excluding carboxylic acids is 1. The predicted octanol–water partition coefficient (Wildman–Crippen LogP) is 4.35. The summed E-state index contributed by atoms with van der Waals surface area (Å²) in [7, 11) is 0. The molecular formula is C21H24ClNO3S. The van der Waals surface area contributed by atoms with Crippen LogP contribution in [0.1, 0.15) is 41.3 Å². The number of carbonyl (C=O) groups is 1. The first-order valence-corrected chi connectivity index (χ1v) is 10.1. The van der Waals surface area contributed by atoms with Crippen LogP contribution in [0.15, 0.2) is 35.2 Å². The Bertz CT molecular complexity index is 851. The molecule has 2 aromatic rings. The first-order valence-electron chi connectivity index (χ1n) is 9.17. The number of esters is 1. The molecule has 0 atom stereocenters. The summed E-state index contributed by atoms with van der Waals surface area (Å²) in [6.45, 7) is 4.86. The van der Waals surface area contributed by atoms with E-state index in [0.29, 0.717) is 19.6 Å². The van der Waals surface area contributed by atoms with Crippen LogP contribution in [0.4, 0.5) is 0 Å². The molecule has 1 N–H and O–H groups in total. The van der Waals surface area contributed by atoms with Gasteiger partial charge in [0.25, 0.3) is 0 Å². The van der Waals surface area contributed by atoms with Gasteiger partial charge in [-0.15, -0.1) is 23.7 Å². The average Bonchev–Trinajstić information content (AvgIpc) is 3.05. The van der Waals surface area contributed by atoms with E-state index in [1.807, 2.05) is 19.1 Å². The second-order valence-electron chi connectivity index (χ2n) is 6.60. The molecule has 0 aliphatic carbocycles. The van der Waals surface area contributed by atoms with E-state index >= 15 is 0 Å². The molecule has 0 saturated carbocycles. The van der Waals surface area contributed by atoms with Crippen molar-refractivity contribution in [1.29, 1.82) is 0 Å². The second kappa shape index (κ2) is 8.91. The molecule has 1 saturated heterocycles. The monoisotopic (exact) mass is 405 g/mol. The minimum Gasteiger partial charge on any atom is -0.488 e. The molecular weight excluding hydrogens is 382 g/mol. The largest absolute Gasteiger partial charge is 0.488 e. The number of piperidine rings is 1. The Hall–Kier alpha value is -1.82. The van der Waals surface area contributed by atoms with Crippen molar-refractivity contribution in [3.05, 3.63) is 56.8 Å². The highest BCUT2D eigenvalue weighted by atomic mass is 35.5. The highest BCUT2D eigenvalue weighted by molar-refractivity contribution is 7.11. The number of fused-ring (bicyclic) bond motifs is 2. The summed E-state index contributed by atoms with van der Waals surface area (Å²) in [6.07, 6.45) is 2.39. The van der Waals surface area contributed by atoms with Crippen molar-refractivity contribution in [2.45, 2.75) is 32.8 Å². The molecule has 144 valence electrons. The van der Waals surface area contributed by atoms with Crippen LogP contribution in [-0.2, 0) is 22.6 Å². The van der Waals surface area contributed by atoms with E-state index in [4.69, 9.17) is 9.47 Å². The molecule has 2 aliphatic rings. The van der Waals surface area contributed by atoms with Crippen LogP contribution in [0.3, 0.4) is 0 Å². The fourth-order valence-electron chi connectivity index (χ4n) is 3.66. The Morgan fingerprint density at radius 3 is 2.85 bits per heavy atom. The van der Waals surface area contributed by atoms with Crippen molar-refractivity contribution in [2.75, 3.05) is 19.7 Å². The Morgan fingerprint density at radius 1 is 1.26 bits per heavy atom. The Kier molecular flexibility index (Phi) is 6.58. The maximum absolute atomic E-state index is 11.9. The lowest BCUT2D eigenvalue weighted by Crippen LogP contribution is -2.23. The van der Waals surface area contributed by atoms with E-state index in [9.17, 15) is 4.79 Å². The minimum absolute atomic E-state index is 0. The van der Waals surface area contributed by atoms with Crippen molar-refractivity contribution < 1.29 is 14.3 Å². The number of benzene rings is 1. The molecule has 3 heterocycles. The van der Waals surface area contributed by atoms with E-state index in [2.05, 4.69) is 22.8 Å². The van der Waals surface area contributed by atoms with Gasteiger partial charge in [-0.1, -0.05) is 11.6 Å². The molecule has 4 nitrogen and oxygen atoms in total. The van der Waals surface area contributed by atoms with Crippen molar-refractivity contribution >= 4 is 35.3 Å². The lowest BCUT2D eigenvalue weighted by atomic mass is 9.90. The van der Waals surface area contributed by atoms with Gasteiger partial charge >= 0.3 is 5.97 Å². The maximum Gasteiger partial charge on any atom is 0.310 e. The predicted molar refractivity (Wildman–Crippen MR) is 111 cm³/mol. The second-order valence-corrected chi connectivity index (χ2v) is 7.52. The normalized spacial score (nSPS) is 15.7. The van der Waals surface area contributed by atoms with Crippen molar-refractivity contribution in [2.24, 2.45) is 0 Å². The quantitative estimate of drug-likeness (QED) is 0.771. The highest BCUT2D eigenvalue weighted by Gasteiger charge is 2.25. The third-order valence-electron chi connectivity index (χ3n) is 4.88. The molecule has 2 aliphatic heterocycles. The van der Waals surface area contributed by atoms with Gasteiger partial charge in [0.1, 0.15) is 12.4 Å². The van der Waals surface area contributed by atoms with Gasteiger partial charge in [-0.2, -0.15) is 0 Å². The molecule has 1 aromatic carbocycles. The van der Waals surface area contributed by atoms with Crippen LogP contribution in [0.25, 0.3) is 5.57 Å². The van der Waals surface area contributed by atoms with Gasteiger partial charge in [-0.25, -0.2) is 0 Å². The Balaban J connectivity index is 0.00000210. The number of halogens is 1. The SMILES string of the molecule is CCOC(=O)Cc1ccc2c(c1)C(=C1CCNCC1)c1sccc1CO2.Cl. The van der Waals surface area contributed by atoms with Gasteiger partial charge in [0.2, 0.25) is 0 Å². The van der Waals surface area contributed by atoms with Crippen LogP contribution in [0.5, 0.6) is 5.75 Å². The molecule has 27 heavy (non-hydrogen) atoms. The van der Waals surface area contributed by atoms with Crippen LogP contribution in [0.2, 0.25) is 0 Å². The number of hydrogen-bond acceptors (Lipinski definition) is 5. The Labute approximate surface area is 170 Å². The lowest BCUT2D eigenvalue weighted by molar-refractivity contribution is -0.142. The van der Waals surface area contributed by atoms with E-state index in [1.165, 1.54) is 21.6 Å². The fourth-order valence-corrected chi connectivity index (χ4v) is 4.68. The summed E-state index contributed by atoms with van der Waals surface area (Å²) >= 11 is 1.78. The molecule has 1 aromatic heterocycles. The molecule has 0 amide bonds. The number of hydrogen-bond donors (Lipinski definition) is 1. The fraction of sp³-hybridized carbons (Fsp3) is 0.381. The smallest absolute Gasteiger partial charge is 0.310 e. The van der Waals surface area contributed by atoms with Crippen molar-refractivity contribution in [1.82, 2.24) is 5.32 Å². The van der Waals surface area contributed by atoms with Crippen molar-refractivity contribution in [3.8, 4) is 5.75 Å². The van der Waals surface area contributed by atoms with Crippen LogP contribution < -0.4 is 10.1 Å². The topological polar surface area (TPSA) is 47.6 Å². The number of rotatable bonds is 3. The third kappa shape index (κ3) is 4.21. The number of thiophene rings is 1. The maximum atomic E-state index is 11.9. The number of ether oxygens (including phenoxy) is 2. The molecule has 6 heteroatoms. The van der Waals surface area contributed by atoms with Gasteiger partial charge in [-0.3, -0.25) is 4.79 Å². The zero-order valence-electron chi connectivity index (χ0n) is 15.4. The standard InChI is InChI=1S/C21H23NO3S.ClH/c1-2-24-19(23)12-14-3-4-18-17(11-14)20(15-5-8-22-9-6-15)21-16(13-25-18)7-10-26-21;/h3-4,7,10-11,22H,2,5-6,8-9,12-13H2,1H3;1H. The van der Waals surface area contributed by atoms with Gasteiger partial charge in [0, 0.05) is 21.6 Å². The molecule has 0 bridgehead atoms. The summed E-state index contributed by atoms with van der Waals surface area (Å²) in [5.74, 6) is 0.719. The molecule has 0 radical (unpaired) electrons. The van der Waals surface area contributed by atoms with Crippen LogP contribution in [0, 0.1) is 0 Å². The zero-order chi connectivity index (χ0) is 17.9. The molecule has 4 rings (SSSR count). The van der Waals surface area contributed by atoms with Crippen molar-refractivity contribution in [3.63, 3.8) is 0 Å². The summed E-state index contributed by atoms with van der Waals surface area (Å²) in [5, 5.41) is 5.58. The molecule has 1 fully saturated rings. The van der Waals surface area contributed by atoms with E-state index in [1.54, 1.807) is 11.3 Å². The summed E-state index contributed by atoms with van der Waals surface area (Å²) < 4.78 is 11.2. The minimum atomic E-state index is -0.185. The van der Waals surface area contributed by atoms with Crippen LogP contribution in [-0.4, -0.2) is 25.7 Å². The Morgan fingerprint density at radius 2 is 2.07 bits per heavy atom. The zero-order valence-corrected chi connectivity index (χ0v) is 17.0. The van der Waals surface area contributed by atoms with E-state index in [-0.39, 0.29) is 18.4 Å². The third-order valence-corrected chi connectivity index (χ3v) is 5.86. The number of nitrogens with one attached hydrogen (secondary N) is 1. The molecule has 0 unspecified atom stereocenters. The molecule has 0 spiro atoms. The van der Waals surface area contributed by atoms with Crippen LogP contribution >= 0.6 is 23.7 Å².